The van der Waals surface area contributed by atoms with Crippen LogP contribution in [0.2, 0.25) is 5.02 Å². The van der Waals surface area contributed by atoms with Crippen LogP contribution in [0.15, 0.2) is 63.0 Å². The Morgan fingerprint density at radius 3 is 2.77 bits per heavy atom. The van der Waals surface area contributed by atoms with E-state index in [0.29, 0.717) is 51.0 Å². The highest BCUT2D eigenvalue weighted by molar-refractivity contribution is 7.98. The van der Waals surface area contributed by atoms with E-state index in [1.165, 1.54) is 11.8 Å². The number of thioether (sulfide) groups is 1. The molecule has 0 fully saturated rings. The maximum Gasteiger partial charge on any atom is 0.262 e. The second-order valence-electron chi connectivity index (χ2n) is 7.36. The van der Waals surface area contributed by atoms with Gasteiger partial charge in [0.05, 0.1) is 16.7 Å². The predicted molar refractivity (Wildman–Crippen MR) is 120 cm³/mol. The molecule has 2 aromatic heterocycles. The average Bonchev–Trinajstić information content (AvgIpc) is 3.21. The number of nitrogens with zero attached hydrogens (tertiary/aromatic N) is 4. The van der Waals surface area contributed by atoms with Gasteiger partial charge in [0.15, 0.2) is 5.16 Å². The Balaban J connectivity index is 1.60. The molecule has 0 N–H and O–H groups in total. The number of hydrogen-bond acceptors (Lipinski definition) is 6. The highest BCUT2D eigenvalue weighted by atomic mass is 35.5. The molecule has 0 aliphatic carbocycles. The maximum atomic E-state index is 13.0. The zero-order chi connectivity index (χ0) is 21.1. The summed E-state index contributed by atoms with van der Waals surface area (Å²) in [5, 5.41) is 5.94. The van der Waals surface area contributed by atoms with Crippen molar-refractivity contribution in [1.29, 1.82) is 0 Å². The van der Waals surface area contributed by atoms with Crippen LogP contribution in [0.4, 0.5) is 0 Å². The molecule has 0 aliphatic rings. The Labute approximate surface area is 183 Å². The van der Waals surface area contributed by atoms with Crippen molar-refractivity contribution >= 4 is 34.3 Å². The number of fused-ring (bicyclic) bond motifs is 1. The lowest BCUT2D eigenvalue weighted by Crippen LogP contribution is -2.24. The third kappa shape index (κ3) is 4.57. The maximum absolute atomic E-state index is 13.0. The quantitative estimate of drug-likeness (QED) is 0.281. The van der Waals surface area contributed by atoms with E-state index >= 15 is 0 Å². The molecule has 0 aliphatic heterocycles. The molecular weight excluding hydrogens is 420 g/mol. The minimum Gasteiger partial charge on any atom is -0.338 e. The molecule has 0 amide bonds. The first-order chi connectivity index (χ1) is 14.5. The van der Waals surface area contributed by atoms with Gasteiger partial charge in [-0.1, -0.05) is 66.6 Å². The van der Waals surface area contributed by atoms with E-state index < -0.39 is 0 Å². The fourth-order valence-corrected chi connectivity index (χ4v) is 4.08. The molecule has 4 rings (SSSR count). The second-order valence-corrected chi connectivity index (χ2v) is 8.74. The van der Waals surface area contributed by atoms with Crippen molar-refractivity contribution in [3.63, 3.8) is 0 Å². The predicted octanol–water partition coefficient (Wildman–Crippen LogP) is 5.44. The molecule has 0 saturated carbocycles. The number of hydrogen-bond donors (Lipinski definition) is 0. The van der Waals surface area contributed by atoms with Gasteiger partial charge in [0.25, 0.3) is 5.56 Å². The van der Waals surface area contributed by atoms with E-state index in [1.54, 1.807) is 16.7 Å². The van der Waals surface area contributed by atoms with Crippen LogP contribution in [0.25, 0.3) is 22.3 Å². The van der Waals surface area contributed by atoms with Gasteiger partial charge >= 0.3 is 0 Å². The van der Waals surface area contributed by atoms with Crippen LogP contribution in [0, 0.1) is 5.92 Å². The summed E-state index contributed by atoms with van der Waals surface area (Å²) in [5.74, 6) is 1.85. The zero-order valence-electron chi connectivity index (χ0n) is 16.7. The summed E-state index contributed by atoms with van der Waals surface area (Å²) in [4.78, 5) is 22.2. The van der Waals surface area contributed by atoms with Crippen molar-refractivity contribution in [1.82, 2.24) is 19.7 Å². The van der Waals surface area contributed by atoms with E-state index in [1.807, 2.05) is 36.4 Å². The molecule has 2 aromatic carbocycles. The lowest BCUT2D eigenvalue weighted by atomic mass is 10.1. The number of benzene rings is 2. The Morgan fingerprint density at radius 1 is 1.13 bits per heavy atom. The number of aromatic nitrogens is 4. The van der Waals surface area contributed by atoms with Crippen LogP contribution in [0.3, 0.4) is 0 Å². The molecule has 30 heavy (non-hydrogen) atoms. The zero-order valence-corrected chi connectivity index (χ0v) is 18.3. The van der Waals surface area contributed by atoms with Crippen LogP contribution in [-0.2, 0) is 12.3 Å². The molecule has 6 nitrogen and oxygen atoms in total. The normalized spacial score (nSPS) is 11.5. The van der Waals surface area contributed by atoms with Gasteiger partial charge in [-0.25, -0.2) is 4.98 Å². The van der Waals surface area contributed by atoms with Gasteiger partial charge in [-0.2, -0.15) is 4.98 Å². The van der Waals surface area contributed by atoms with Gasteiger partial charge in [-0.3, -0.25) is 9.36 Å². The van der Waals surface area contributed by atoms with Gasteiger partial charge in [0.1, 0.15) is 0 Å². The molecule has 2 heterocycles. The molecule has 4 aromatic rings. The lowest BCUT2D eigenvalue weighted by Gasteiger charge is -2.13. The average molecular weight is 441 g/mol. The molecule has 0 unspecified atom stereocenters. The van der Waals surface area contributed by atoms with Crippen molar-refractivity contribution in [2.45, 2.75) is 37.7 Å². The van der Waals surface area contributed by atoms with Crippen LogP contribution >= 0.6 is 23.4 Å². The van der Waals surface area contributed by atoms with Crippen LogP contribution in [0.1, 0.15) is 26.2 Å². The third-order valence-corrected chi connectivity index (χ3v) is 5.83. The van der Waals surface area contributed by atoms with Crippen molar-refractivity contribution in [3.05, 3.63) is 69.8 Å². The first kappa shape index (κ1) is 20.6. The van der Waals surface area contributed by atoms with E-state index in [9.17, 15) is 4.79 Å². The summed E-state index contributed by atoms with van der Waals surface area (Å²) in [6, 6.07) is 14.7. The lowest BCUT2D eigenvalue weighted by molar-refractivity contribution is 0.391. The van der Waals surface area contributed by atoms with Crippen LogP contribution < -0.4 is 5.56 Å². The molecule has 0 spiro atoms. The Bertz CT molecular complexity index is 1240. The molecule has 154 valence electrons. The van der Waals surface area contributed by atoms with Crippen molar-refractivity contribution < 1.29 is 4.52 Å². The fourth-order valence-electron chi connectivity index (χ4n) is 3.03. The Kier molecular flexibility index (Phi) is 6.20. The number of halogens is 1. The standard InChI is InChI=1S/C22H21ClN4O2S/c1-14(2)10-11-27-21(28)17-8-3-4-9-18(17)24-22(27)30-13-19-25-20(26-29-19)15-6-5-7-16(23)12-15/h3-9,12,14H,10-11,13H2,1-2H3. The minimum atomic E-state index is -0.0195. The van der Waals surface area contributed by atoms with Crippen LogP contribution in [-0.4, -0.2) is 19.7 Å². The molecule has 0 atom stereocenters. The third-order valence-electron chi connectivity index (χ3n) is 4.63. The molecule has 0 bridgehead atoms. The summed E-state index contributed by atoms with van der Waals surface area (Å²) < 4.78 is 7.15. The monoisotopic (exact) mass is 440 g/mol. The summed E-state index contributed by atoms with van der Waals surface area (Å²) in [6.07, 6.45) is 0.896. The van der Waals surface area contributed by atoms with Gasteiger partial charge in [0.2, 0.25) is 11.7 Å². The van der Waals surface area contributed by atoms with E-state index in [-0.39, 0.29) is 5.56 Å². The summed E-state index contributed by atoms with van der Waals surface area (Å²) in [7, 11) is 0. The largest absolute Gasteiger partial charge is 0.338 e. The number of para-hydroxylation sites is 1. The van der Waals surface area contributed by atoms with Crippen molar-refractivity contribution in [2.24, 2.45) is 5.92 Å². The number of rotatable bonds is 7. The van der Waals surface area contributed by atoms with Crippen LogP contribution in [0.5, 0.6) is 0 Å². The Morgan fingerprint density at radius 2 is 1.97 bits per heavy atom. The van der Waals surface area contributed by atoms with Crippen molar-refractivity contribution in [3.8, 4) is 11.4 Å². The topological polar surface area (TPSA) is 73.8 Å². The van der Waals surface area contributed by atoms with Gasteiger partial charge < -0.3 is 4.52 Å². The second kappa shape index (κ2) is 9.02. The highest BCUT2D eigenvalue weighted by Gasteiger charge is 2.15. The minimum absolute atomic E-state index is 0.0195. The van der Waals surface area contributed by atoms with E-state index in [2.05, 4.69) is 24.0 Å². The summed E-state index contributed by atoms with van der Waals surface area (Å²) >= 11 is 7.47. The summed E-state index contributed by atoms with van der Waals surface area (Å²) in [6.45, 7) is 4.90. The van der Waals surface area contributed by atoms with Gasteiger partial charge in [0, 0.05) is 17.1 Å². The SMILES string of the molecule is CC(C)CCn1c(SCc2nc(-c3cccc(Cl)c3)no2)nc2ccccc2c1=O. The highest BCUT2D eigenvalue weighted by Crippen LogP contribution is 2.25. The van der Waals surface area contributed by atoms with Gasteiger partial charge in [-0.05, 0) is 36.6 Å². The molecule has 0 radical (unpaired) electrons. The van der Waals surface area contributed by atoms with Gasteiger partial charge in [-0.15, -0.1) is 0 Å². The fraction of sp³-hybridized carbons (Fsp3) is 0.273. The molecule has 8 heteroatoms. The molecular formula is C22H21ClN4O2S. The summed E-state index contributed by atoms with van der Waals surface area (Å²) in [5.41, 5.74) is 1.46. The first-order valence-corrected chi connectivity index (χ1v) is 11.1. The van der Waals surface area contributed by atoms with E-state index in [0.717, 1.165) is 12.0 Å². The van der Waals surface area contributed by atoms with Crippen molar-refractivity contribution in [2.75, 3.05) is 0 Å². The van der Waals surface area contributed by atoms with E-state index in [4.69, 9.17) is 21.1 Å². The first-order valence-electron chi connectivity index (χ1n) is 9.72. The Hall–Kier alpha value is -2.64. The smallest absolute Gasteiger partial charge is 0.262 e. The molecule has 0 saturated heterocycles.